The Morgan fingerprint density at radius 1 is 1.41 bits per heavy atom. The van der Waals surface area contributed by atoms with Crippen LogP contribution in [-0.4, -0.2) is 44.2 Å². The molecule has 1 aromatic heterocycles. The number of methoxy groups -OCH3 is 1. The van der Waals surface area contributed by atoms with Gasteiger partial charge in [-0.25, -0.2) is 4.98 Å². The van der Waals surface area contributed by atoms with E-state index >= 15 is 0 Å². The van der Waals surface area contributed by atoms with Crippen molar-refractivity contribution in [1.82, 2.24) is 15.6 Å². The number of halogens is 3. The van der Waals surface area contributed by atoms with Crippen LogP contribution in [0.5, 0.6) is 5.75 Å². The van der Waals surface area contributed by atoms with Crippen LogP contribution in [0.4, 0.5) is 18.9 Å². The molecule has 10 heteroatoms. The Kier molecular flexibility index (Phi) is 6.83. The molecule has 1 unspecified atom stereocenters. The molecule has 1 aliphatic heterocycles. The van der Waals surface area contributed by atoms with Gasteiger partial charge in [-0.3, -0.25) is 4.99 Å². The van der Waals surface area contributed by atoms with Crippen LogP contribution in [0.3, 0.4) is 0 Å². The van der Waals surface area contributed by atoms with Crippen LogP contribution in [-0.2, 0) is 12.7 Å². The number of benzene rings is 1. The first-order valence-corrected chi connectivity index (χ1v) is 10.1. The fraction of sp³-hybridized carbons (Fsp3) is 0.474. The fourth-order valence-electron chi connectivity index (χ4n) is 3.21. The van der Waals surface area contributed by atoms with Gasteiger partial charge in [0, 0.05) is 43.3 Å². The third kappa shape index (κ3) is 5.75. The molecule has 1 saturated heterocycles. The van der Waals surface area contributed by atoms with Gasteiger partial charge < -0.3 is 20.3 Å². The standard InChI is InChI=1S/C19H24F3N5OS/c1-23-18(24-10-17-26-16(12-29-17)19(20,21)22)25-13-5-4-8-27(11-13)14-6-3-7-15(9-14)28-2/h3,6-7,9,12-13H,4-5,8,10-11H2,1-2H3,(H2,23,24,25). The van der Waals surface area contributed by atoms with E-state index < -0.39 is 11.9 Å². The van der Waals surface area contributed by atoms with Gasteiger partial charge in [0.05, 0.1) is 13.7 Å². The van der Waals surface area contributed by atoms with Gasteiger partial charge in [-0.2, -0.15) is 13.2 Å². The van der Waals surface area contributed by atoms with Crippen molar-refractivity contribution in [3.63, 3.8) is 0 Å². The molecule has 1 fully saturated rings. The average Bonchev–Trinajstić information content (AvgIpc) is 3.21. The normalized spacial score (nSPS) is 17.9. The summed E-state index contributed by atoms with van der Waals surface area (Å²) in [6.07, 6.45) is -2.41. The van der Waals surface area contributed by atoms with E-state index in [0.717, 1.165) is 54.1 Å². The van der Waals surface area contributed by atoms with E-state index in [2.05, 4.69) is 31.6 Å². The van der Waals surface area contributed by atoms with Gasteiger partial charge in [0.15, 0.2) is 11.7 Å². The molecule has 0 radical (unpaired) electrons. The molecular weight excluding hydrogens is 403 g/mol. The van der Waals surface area contributed by atoms with Gasteiger partial charge >= 0.3 is 6.18 Å². The van der Waals surface area contributed by atoms with Crippen LogP contribution in [0.15, 0.2) is 34.6 Å². The summed E-state index contributed by atoms with van der Waals surface area (Å²) in [5.41, 5.74) is 0.240. The highest BCUT2D eigenvalue weighted by Crippen LogP contribution is 2.30. The van der Waals surface area contributed by atoms with Crippen molar-refractivity contribution >= 4 is 23.0 Å². The van der Waals surface area contributed by atoms with Crippen LogP contribution < -0.4 is 20.3 Å². The Bertz CT molecular complexity index is 839. The Hall–Kier alpha value is -2.49. The van der Waals surface area contributed by atoms with Crippen molar-refractivity contribution in [3.05, 3.63) is 40.3 Å². The molecule has 0 bridgehead atoms. The summed E-state index contributed by atoms with van der Waals surface area (Å²) in [6.45, 7) is 1.94. The van der Waals surface area contributed by atoms with Gasteiger partial charge in [-0.15, -0.1) is 11.3 Å². The molecule has 29 heavy (non-hydrogen) atoms. The number of thiazole rings is 1. The molecule has 2 aromatic rings. The molecule has 2 N–H and O–H groups in total. The lowest BCUT2D eigenvalue weighted by molar-refractivity contribution is -0.140. The molecule has 6 nitrogen and oxygen atoms in total. The summed E-state index contributed by atoms with van der Waals surface area (Å²) in [5.74, 6) is 1.36. The van der Waals surface area contributed by atoms with Crippen LogP contribution in [0, 0.1) is 0 Å². The summed E-state index contributed by atoms with van der Waals surface area (Å²) >= 11 is 0.980. The monoisotopic (exact) mass is 427 g/mol. The van der Waals surface area contributed by atoms with E-state index in [-0.39, 0.29) is 12.6 Å². The number of hydrogen-bond donors (Lipinski definition) is 2. The molecule has 3 rings (SSSR count). The summed E-state index contributed by atoms with van der Waals surface area (Å²) in [5, 5.41) is 7.80. The number of anilines is 1. The first-order chi connectivity index (χ1) is 13.9. The second-order valence-corrected chi connectivity index (χ2v) is 7.62. The number of aromatic nitrogens is 1. The van der Waals surface area contributed by atoms with Gasteiger partial charge in [-0.1, -0.05) is 6.07 Å². The molecule has 0 saturated carbocycles. The summed E-state index contributed by atoms with van der Waals surface area (Å²) in [4.78, 5) is 10.1. The van der Waals surface area contributed by atoms with Gasteiger partial charge in [0.1, 0.15) is 10.8 Å². The van der Waals surface area contributed by atoms with Crippen molar-refractivity contribution in [2.45, 2.75) is 31.6 Å². The lowest BCUT2D eigenvalue weighted by atomic mass is 10.0. The Morgan fingerprint density at radius 2 is 2.24 bits per heavy atom. The summed E-state index contributed by atoms with van der Waals surface area (Å²) in [7, 11) is 3.29. The predicted molar refractivity (Wildman–Crippen MR) is 109 cm³/mol. The highest BCUT2D eigenvalue weighted by atomic mass is 32.1. The molecule has 0 aliphatic carbocycles. The molecule has 158 valence electrons. The topological polar surface area (TPSA) is 61.8 Å². The van der Waals surface area contributed by atoms with Gasteiger partial charge in [-0.05, 0) is 25.0 Å². The number of nitrogens with one attached hydrogen (secondary N) is 2. The van der Waals surface area contributed by atoms with Crippen molar-refractivity contribution in [3.8, 4) is 5.75 Å². The molecule has 1 aliphatic rings. The zero-order chi connectivity index (χ0) is 20.9. The van der Waals surface area contributed by atoms with Crippen molar-refractivity contribution in [2.75, 3.05) is 32.1 Å². The van der Waals surface area contributed by atoms with E-state index in [9.17, 15) is 13.2 Å². The number of hydrogen-bond acceptors (Lipinski definition) is 5. The van der Waals surface area contributed by atoms with Crippen molar-refractivity contribution in [2.24, 2.45) is 4.99 Å². The van der Waals surface area contributed by atoms with Crippen LogP contribution >= 0.6 is 11.3 Å². The lowest BCUT2D eigenvalue weighted by Gasteiger charge is -2.35. The Morgan fingerprint density at radius 3 is 2.93 bits per heavy atom. The van der Waals surface area contributed by atoms with E-state index in [1.807, 2.05) is 18.2 Å². The predicted octanol–water partition coefficient (Wildman–Crippen LogP) is 3.50. The molecule has 1 atom stereocenters. The maximum absolute atomic E-state index is 12.7. The Balaban J connectivity index is 1.55. The third-order valence-electron chi connectivity index (χ3n) is 4.65. The number of aliphatic imine (C=N–C) groups is 1. The molecule has 0 amide bonds. The smallest absolute Gasteiger partial charge is 0.434 e. The largest absolute Gasteiger partial charge is 0.497 e. The zero-order valence-electron chi connectivity index (χ0n) is 16.3. The average molecular weight is 427 g/mol. The minimum Gasteiger partial charge on any atom is -0.497 e. The maximum Gasteiger partial charge on any atom is 0.434 e. The quantitative estimate of drug-likeness (QED) is 0.565. The first kappa shape index (κ1) is 21.2. The minimum atomic E-state index is -4.42. The number of nitrogens with zero attached hydrogens (tertiary/aromatic N) is 3. The van der Waals surface area contributed by atoms with Crippen LogP contribution in [0.2, 0.25) is 0 Å². The van der Waals surface area contributed by atoms with Crippen LogP contribution in [0.25, 0.3) is 0 Å². The van der Waals surface area contributed by atoms with Gasteiger partial charge in [0.2, 0.25) is 0 Å². The first-order valence-electron chi connectivity index (χ1n) is 9.27. The maximum atomic E-state index is 12.7. The van der Waals surface area contributed by atoms with E-state index in [4.69, 9.17) is 4.74 Å². The van der Waals surface area contributed by atoms with E-state index in [1.54, 1.807) is 14.2 Å². The number of guanidine groups is 1. The van der Waals surface area contributed by atoms with Crippen molar-refractivity contribution in [1.29, 1.82) is 0 Å². The fourth-order valence-corrected chi connectivity index (χ4v) is 3.95. The summed E-state index contributed by atoms with van der Waals surface area (Å²) in [6, 6.07) is 8.12. The van der Waals surface area contributed by atoms with E-state index in [0.29, 0.717) is 11.0 Å². The molecule has 0 spiro atoms. The van der Waals surface area contributed by atoms with Crippen LogP contribution in [0.1, 0.15) is 23.5 Å². The second-order valence-electron chi connectivity index (χ2n) is 6.68. The number of rotatable bonds is 5. The highest BCUT2D eigenvalue weighted by Gasteiger charge is 2.33. The molecular formula is C19H24F3N5OS. The second kappa shape index (κ2) is 9.34. The summed E-state index contributed by atoms with van der Waals surface area (Å²) < 4.78 is 43.3. The number of ether oxygens (including phenoxy) is 1. The number of alkyl halides is 3. The van der Waals surface area contributed by atoms with Crippen molar-refractivity contribution < 1.29 is 17.9 Å². The highest BCUT2D eigenvalue weighted by molar-refractivity contribution is 7.09. The zero-order valence-corrected chi connectivity index (χ0v) is 17.1. The third-order valence-corrected chi connectivity index (χ3v) is 5.50. The molecule has 1 aromatic carbocycles. The SMILES string of the molecule is CN=C(NCc1nc(C(F)(F)F)cs1)NC1CCCN(c2cccc(OC)c2)C1. The number of piperidine rings is 1. The Labute approximate surface area is 171 Å². The lowest BCUT2D eigenvalue weighted by Crippen LogP contribution is -2.51. The minimum absolute atomic E-state index is 0.170. The van der Waals surface area contributed by atoms with E-state index in [1.165, 1.54) is 0 Å². The molecule has 2 heterocycles. The van der Waals surface area contributed by atoms with Gasteiger partial charge in [0.25, 0.3) is 0 Å².